The van der Waals surface area contributed by atoms with E-state index in [0.29, 0.717) is 0 Å². The fourth-order valence-corrected chi connectivity index (χ4v) is 3.52. The molecule has 6 nitrogen and oxygen atoms in total. The summed E-state index contributed by atoms with van der Waals surface area (Å²) in [7, 11) is 0. The van der Waals surface area contributed by atoms with Gasteiger partial charge < -0.3 is 15.0 Å². The first kappa shape index (κ1) is 20.2. The van der Waals surface area contributed by atoms with Crippen molar-refractivity contribution in [3.8, 4) is 0 Å². The zero-order valence-electron chi connectivity index (χ0n) is 17.1. The molecule has 0 fully saturated rings. The minimum absolute atomic E-state index is 0.00417. The van der Waals surface area contributed by atoms with Gasteiger partial charge in [-0.05, 0) is 68.7 Å². The summed E-state index contributed by atoms with van der Waals surface area (Å²) in [6, 6.07) is 14.9. The highest BCUT2D eigenvalue weighted by Gasteiger charge is 2.21. The topological polar surface area (TPSA) is 90.5 Å². The molecule has 1 aromatic carbocycles. The molecule has 0 radical (unpaired) electrons. The summed E-state index contributed by atoms with van der Waals surface area (Å²) in [6.07, 6.45) is 3.88. The van der Waals surface area contributed by atoms with Crippen molar-refractivity contribution in [2.45, 2.75) is 33.6 Å². The van der Waals surface area contributed by atoms with E-state index in [1.54, 1.807) is 12.1 Å². The lowest BCUT2D eigenvalue weighted by molar-refractivity contribution is -0.384. The van der Waals surface area contributed by atoms with Gasteiger partial charge in [-0.1, -0.05) is 12.1 Å². The molecule has 1 atom stereocenters. The van der Waals surface area contributed by atoms with Gasteiger partial charge in [0, 0.05) is 47.3 Å². The standard InChI is InChI=1S/C17H17N3O2.C6H9N/c1-11-10-12(2)19-17(11)16(15-4-3-9-18-15)13-5-7-14(8-6-13)20(21)22;1-5-3-6(2)7-4-5/h3-10,16,18-19H,1-2H3;3-4,7H,1-2H3. The Labute approximate surface area is 170 Å². The highest BCUT2D eigenvalue weighted by molar-refractivity contribution is 5.44. The van der Waals surface area contributed by atoms with Crippen LogP contribution in [0.25, 0.3) is 0 Å². The quantitative estimate of drug-likeness (QED) is 0.309. The highest BCUT2D eigenvalue weighted by atomic mass is 16.6. The molecule has 29 heavy (non-hydrogen) atoms. The number of nitro benzene ring substituents is 1. The normalized spacial score (nSPS) is 11.6. The van der Waals surface area contributed by atoms with Gasteiger partial charge in [-0.15, -0.1) is 0 Å². The third kappa shape index (κ3) is 4.85. The van der Waals surface area contributed by atoms with Gasteiger partial charge in [-0.25, -0.2) is 0 Å². The number of nitrogens with zero attached hydrogens (tertiary/aromatic N) is 1. The summed E-state index contributed by atoms with van der Waals surface area (Å²) in [5.41, 5.74) is 8.09. The van der Waals surface area contributed by atoms with Gasteiger partial charge in [-0.2, -0.15) is 0 Å². The number of aromatic amines is 3. The van der Waals surface area contributed by atoms with Gasteiger partial charge in [0.25, 0.3) is 5.69 Å². The summed E-state index contributed by atoms with van der Waals surface area (Å²) in [5, 5.41) is 10.8. The van der Waals surface area contributed by atoms with E-state index in [9.17, 15) is 10.1 Å². The average Bonchev–Trinajstić information content (AvgIpc) is 3.40. The van der Waals surface area contributed by atoms with Crippen LogP contribution in [0.5, 0.6) is 0 Å². The molecule has 0 bridgehead atoms. The van der Waals surface area contributed by atoms with Gasteiger partial charge in [0.2, 0.25) is 0 Å². The minimum atomic E-state index is -0.378. The molecule has 0 saturated carbocycles. The summed E-state index contributed by atoms with van der Waals surface area (Å²) in [4.78, 5) is 20.2. The molecule has 0 aliphatic carbocycles. The van der Waals surface area contributed by atoms with Crippen LogP contribution in [0.2, 0.25) is 0 Å². The smallest absolute Gasteiger partial charge is 0.269 e. The zero-order valence-corrected chi connectivity index (χ0v) is 17.1. The Morgan fingerprint density at radius 1 is 0.931 bits per heavy atom. The molecule has 4 rings (SSSR count). The molecule has 0 aliphatic rings. The van der Waals surface area contributed by atoms with Crippen LogP contribution in [-0.4, -0.2) is 19.9 Å². The van der Waals surface area contributed by atoms with Crippen LogP contribution in [0, 0.1) is 37.8 Å². The number of aromatic nitrogens is 3. The first-order chi connectivity index (χ1) is 13.8. The number of rotatable bonds is 4. The molecule has 150 valence electrons. The zero-order chi connectivity index (χ0) is 21.0. The van der Waals surface area contributed by atoms with E-state index in [1.165, 1.54) is 16.8 Å². The lowest BCUT2D eigenvalue weighted by atomic mass is 9.90. The van der Waals surface area contributed by atoms with Gasteiger partial charge in [0.15, 0.2) is 0 Å². The van der Waals surface area contributed by atoms with Crippen LogP contribution in [0.1, 0.15) is 45.4 Å². The van der Waals surface area contributed by atoms with E-state index >= 15 is 0 Å². The van der Waals surface area contributed by atoms with E-state index in [-0.39, 0.29) is 16.5 Å². The molecule has 3 aromatic heterocycles. The Kier molecular flexibility index (Phi) is 6.02. The van der Waals surface area contributed by atoms with Gasteiger partial charge in [-0.3, -0.25) is 10.1 Å². The molecule has 3 heterocycles. The number of non-ortho nitro benzene ring substituents is 1. The number of aryl methyl sites for hydroxylation is 4. The lowest BCUT2D eigenvalue weighted by Crippen LogP contribution is -2.06. The van der Waals surface area contributed by atoms with Gasteiger partial charge in [0.1, 0.15) is 0 Å². The molecular formula is C23H26N4O2. The second-order valence-corrected chi connectivity index (χ2v) is 7.32. The number of hydrogen-bond acceptors (Lipinski definition) is 2. The minimum Gasteiger partial charge on any atom is -0.365 e. The fraction of sp³-hybridized carbons (Fsp3) is 0.217. The molecule has 0 amide bonds. The third-order valence-corrected chi connectivity index (χ3v) is 4.82. The third-order valence-electron chi connectivity index (χ3n) is 4.82. The van der Waals surface area contributed by atoms with Crippen molar-refractivity contribution >= 4 is 5.69 Å². The average molecular weight is 390 g/mol. The molecule has 6 heteroatoms. The first-order valence-electron chi connectivity index (χ1n) is 9.50. The Bertz CT molecular complexity index is 1060. The molecule has 0 spiro atoms. The molecule has 1 unspecified atom stereocenters. The maximum absolute atomic E-state index is 10.8. The first-order valence-corrected chi connectivity index (χ1v) is 9.50. The van der Waals surface area contributed by atoms with Gasteiger partial charge >= 0.3 is 0 Å². The van der Waals surface area contributed by atoms with Gasteiger partial charge in [0.05, 0.1) is 10.8 Å². The predicted molar refractivity (Wildman–Crippen MR) is 115 cm³/mol. The van der Waals surface area contributed by atoms with E-state index in [2.05, 4.69) is 40.9 Å². The van der Waals surface area contributed by atoms with Crippen molar-refractivity contribution in [1.29, 1.82) is 0 Å². The van der Waals surface area contributed by atoms with Crippen molar-refractivity contribution in [2.75, 3.05) is 0 Å². The summed E-state index contributed by atoms with van der Waals surface area (Å²) in [5.74, 6) is 0.00417. The Morgan fingerprint density at radius 2 is 1.66 bits per heavy atom. The van der Waals surface area contributed by atoms with Crippen LogP contribution in [0.4, 0.5) is 5.69 Å². The molecule has 3 N–H and O–H groups in total. The van der Waals surface area contributed by atoms with Crippen LogP contribution >= 0.6 is 0 Å². The Balaban J connectivity index is 0.000000290. The monoisotopic (exact) mass is 390 g/mol. The SMILES string of the molecule is Cc1c[nH]c(C)c1.Cc1cc(C)c(C(c2ccc([N+](=O)[O-])cc2)c2ccc[nH]2)[nH]1. The number of H-pyrrole nitrogens is 3. The fourth-order valence-electron chi connectivity index (χ4n) is 3.52. The highest BCUT2D eigenvalue weighted by Crippen LogP contribution is 2.33. The van der Waals surface area contributed by atoms with E-state index < -0.39 is 0 Å². The summed E-state index contributed by atoms with van der Waals surface area (Å²) < 4.78 is 0. The second kappa shape index (κ2) is 8.65. The number of hydrogen-bond donors (Lipinski definition) is 3. The summed E-state index contributed by atoms with van der Waals surface area (Å²) >= 11 is 0. The van der Waals surface area contributed by atoms with Crippen molar-refractivity contribution in [2.24, 2.45) is 0 Å². The van der Waals surface area contributed by atoms with Crippen LogP contribution in [0.3, 0.4) is 0 Å². The molecule has 4 aromatic rings. The van der Waals surface area contributed by atoms with Crippen LogP contribution in [0.15, 0.2) is 60.9 Å². The number of nitro groups is 1. The largest absolute Gasteiger partial charge is 0.365 e. The van der Waals surface area contributed by atoms with Crippen molar-refractivity contribution < 1.29 is 4.92 Å². The maximum Gasteiger partial charge on any atom is 0.269 e. The molecule has 0 saturated heterocycles. The molecular weight excluding hydrogens is 364 g/mol. The van der Waals surface area contributed by atoms with E-state index in [0.717, 1.165) is 22.6 Å². The van der Waals surface area contributed by atoms with Crippen LogP contribution in [-0.2, 0) is 0 Å². The van der Waals surface area contributed by atoms with Crippen molar-refractivity contribution in [3.63, 3.8) is 0 Å². The van der Waals surface area contributed by atoms with E-state index in [4.69, 9.17) is 0 Å². The van der Waals surface area contributed by atoms with Crippen molar-refractivity contribution in [1.82, 2.24) is 15.0 Å². The Hall–Kier alpha value is -3.54. The Morgan fingerprint density at radius 3 is 2.07 bits per heavy atom. The van der Waals surface area contributed by atoms with Crippen molar-refractivity contribution in [3.05, 3.63) is 111 Å². The second-order valence-electron chi connectivity index (χ2n) is 7.32. The molecule has 0 aliphatic heterocycles. The number of benzene rings is 1. The predicted octanol–water partition coefficient (Wildman–Crippen LogP) is 5.68. The van der Waals surface area contributed by atoms with Crippen LogP contribution < -0.4 is 0 Å². The summed E-state index contributed by atoms with van der Waals surface area (Å²) in [6.45, 7) is 8.22. The maximum atomic E-state index is 10.8. The lowest BCUT2D eigenvalue weighted by Gasteiger charge is -2.16. The number of nitrogens with one attached hydrogen (secondary N) is 3. The van der Waals surface area contributed by atoms with E-state index in [1.807, 2.05) is 50.5 Å².